The van der Waals surface area contributed by atoms with Crippen LogP contribution < -0.4 is 18.9 Å². The second-order valence-corrected chi connectivity index (χ2v) is 3.58. The summed E-state index contributed by atoms with van der Waals surface area (Å²) in [5.41, 5.74) is 4.03. The van der Waals surface area contributed by atoms with Crippen molar-refractivity contribution in [1.29, 1.82) is 0 Å². The summed E-state index contributed by atoms with van der Waals surface area (Å²) >= 11 is 0. The number of nitrogens with zero attached hydrogens (tertiary/aromatic N) is 1. The van der Waals surface area contributed by atoms with Crippen LogP contribution >= 0.6 is 0 Å². The minimum Gasteiger partial charge on any atom is -0.411 e. The number of hydrogen-bond acceptors (Lipinski definition) is 1. The molecule has 0 N–H and O–H groups in total. The Morgan fingerprint density at radius 3 is 2.64 bits per heavy atom. The van der Waals surface area contributed by atoms with E-state index in [2.05, 4.69) is 49.3 Å². The maximum absolute atomic E-state index is 3.42. The molecule has 14 heavy (non-hydrogen) atoms. The van der Waals surface area contributed by atoms with Crippen LogP contribution in [0.1, 0.15) is 17.5 Å². The van der Waals surface area contributed by atoms with E-state index in [-0.39, 0.29) is 18.9 Å². The van der Waals surface area contributed by atoms with Gasteiger partial charge in [0, 0.05) is 14.1 Å². The first-order valence-electron chi connectivity index (χ1n) is 4.65. The third-order valence-corrected chi connectivity index (χ3v) is 2.41. The van der Waals surface area contributed by atoms with Crippen LogP contribution in [0.2, 0.25) is 0 Å². The molecule has 2 heteroatoms. The smallest absolute Gasteiger partial charge is 0.411 e. The van der Waals surface area contributed by atoms with Crippen molar-refractivity contribution in [2.24, 2.45) is 0 Å². The molecule has 1 aliphatic carbocycles. The van der Waals surface area contributed by atoms with Crippen LogP contribution in [0.5, 0.6) is 0 Å². The standard InChI is InChI=1S/C12H14N.Li/c1-13(2)12-9-5-7-10-6-3-4-8-11(10)12;/h3-4,6,8H,5,7H2,1-2H3;/q-1;+1. The molecule has 1 nitrogen and oxygen atoms in total. The van der Waals surface area contributed by atoms with Gasteiger partial charge in [-0.3, -0.25) is 6.08 Å². The molecule has 1 aromatic rings. The van der Waals surface area contributed by atoms with Gasteiger partial charge in [-0.05, 0) is 0 Å². The Kier molecular flexibility index (Phi) is 3.86. The molecule has 1 aromatic carbocycles. The molecular weight excluding hydrogens is 165 g/mol. The zero-order valence-electron chi connectivity index (χ0n) is 9.17. The van der Waals surface area contributed by atoms with E-state index in [9.17, 15) is 0 Å². The van der Waals surface area contributed by atoms with Gasteiger partial charge in [0.1, 0.15) is 0 Å². The first kappa shape index (κ1) is 11.4. The van der Waals surface area contributed by atoms with E-state index in [1.807, 2.05) is 0 Å². The van der Waals surface area contributed by atoms with Crippen molar-refractivity contribution in [2.45, 2.75) is 12.8 Å². The Labute approximate surface area is 98.0 Å². The summed E-state index contributed by atoms with van der Waals surface area (Å²) in [5, 5.41) is 0. The Morgan fingerprint density at radius 2 is 1.93 bits per heavy atom. The molecule has 68 valence electrons. The quantitative estimate of drug-likeness (QED) is 0.409. The van der Waals surface area contributed by atoms with Crippen LogP contribution in [0, 0.1) is 6.08 Å². The average Bonchev–Trinajstić information content (AvgIpc) is 2.17. The zero-order chi connectivity index (χ0) is 9.26. The zero-order valence-corrected chi connectivity index (χ0v) is 9.17. The molecule has 0 aromatic heterocycles. The summed E-state index contributed by atoms with van der Waals surface area (Å²) < 4.78 is 0. The first-order chi connectivity index (χ1) is 6.29. The minimum absolute atomic E-state index is 0. The van der Waals surface area contributed by atoms with Crippen LogP contribution in [-0.2, 0) is 6.42 Å². The number of fused-ring (bicyclic) bond motifs is 1. The van der Waals surface area contributed by atoms with Gasteiger partial charge in [0.2, 0.25) is 0 Å². The molecule has 2 rings (SSSR count). The van der Waals surface area contributed by atoms with Gasteiger partial charge >= 0.3 is 18.9 Å². The van der Waals surface area contributed by atoms with Gasteiger partial charge in [0.25, 0.3) is 0 Å². The molecule has 1 aliphatic rings. The number of aryl methyl sites for hydroxylation is 1. The van der Waals surface area contributed by atoms with Crippen molar-refractivity contribution in [3.63, 3.8) is 0 Å². The Balaban J connectivity index is 0.000000980. The third kappa shape index (κ3) is 2.05. The van der Waals surface area contributed by atoms with Gasteiger partial charge in [-0.25, -0.2) is 0 Å². The number of allylic oxidation sites excluding steroid dienone is 1. The van der Waals surface area contributed by atoms with E-state index in [0.717, 1.165) is 12.8 Å². The van der Waals surface area contributed by atoms with E-state index >= 15 is 0 Å². The van der Waals surface area contributed by atoms with Gasteiger partial charge in [-0.15, -0.1) is 29.3 Å². The molecule has 0 unspecified atom stereocenters. The summed E-state index contributed by atoms with van der Waals surface area (Å²) in [4.78, 5) is 2.14. The fourth-order valence-corrected chi connectivity index (χ4v) is 1.78. The summed E-state index contributed by atoms with van der Waals surface area (Å²) in [7, 11) is 4.15. The monoisotopic (exact) mass is 179 g/mol. The molecular formula is C12H14LiN. The molecule has 0 saturated carbocycles. The third-order valence-electron chi connectivity index (χ3n) is 2.41. The van der Waals surface area contributed by atoms with Crippen molar-refractivity contribution in [2.75, 3.05) is 14.1 Å². The maximum Gasteiger partial charge on any atom is 1.00 e. The molecule has 0 spiro atoms. The van der Waals surface area contributed by atoms with Crippen LogP contribution in [0.25, 0.3) is 5.70 Å². The predicted octanol–water partition coefficient (Wildman–Crippen LogP) is -0.658. The number of hydrogen-bond donors (Lipinski definition) is 0. The summed E-state index contributed by atoms with van der Waals surface area (Å²) in [6.45, 7) is 0. The second-order valence-electron chi connectivity index (χ2n) is 3.58. The molecule has 0 radical (unpaired) electrons. The van der Waals surface area contributed by atoms with E-state index in [0.29, 0.717) is 0 Å². The normalized spacial score (nSPS) is 13.7. The topological polar surface area (TPSA) is 3.24 Å². The molecule has 0 bridgehead atoms. The Morgan fingerprint density at radius 1 is 1.21 bits per heavy atom. The minimum atomic E-state index is 0. The number of rotatable bonds is 1. The van der Waals surface area contributed by atoms with Gasteiger partial charge in [0.15, 0.2) is 0 Å². The van der Waals surface area contributed by atoms with Crippen molar-refractivity contribution in [3.05, 3.63) is 41.5 Å². The van der Waals surface area contributed by atoms with Crippen LogP contribution in [0.15, 0.2) is 24.3 Å². The van der Waals surface area contributed by atoms with Crippen LogP contribution in [0.4, 0.5) is 0 Å². The SMILES string of the molecule is CN(C)C1=[C-]CCc2ccccc21.[Li+]. The Bertz CT molecular complexity index is 342. The van der Waals surface area contributed by atoms with Crippen molar-refractivity contribution in [3.8, 4) is 0 Å². The van der Waals surface area contributed by atoms with E-state index < -0.39 is 0 Å². The summed E-state index contributed by atoms with van der Waals surface area (Å²) in [6.07, 6.45) is 5.60. The fraction of sp³-hybridized carbons (Fsp3) is 0.333. The molecule has 0 amide bonds. The molecule has 0 saturated heterocycles. The largest absolute Gasteiger partial charge is 1.00 e. The Hall–Kier alpha value is -0.643. The van der Waals surface area contributed by atoms with Crippen molar-refractivity contribution >= 4 is 5.70 Å². The first-order valence-corrected chi connectivity index (χ1v) is 4.65. The molecule has 0 atom stereocenters. The van der Waals surface area contributed by atoms with Gasteiger partial charge in [0.05, 0.1) is 0 Å². The van der Waals surface area contributed by atoms with Crippen molar-refractivity contribution < 1.29 is 18.9 Å². The van der Waals surface area contributed by atoms with Crippen molar-refractivity contribution in [1.82, 2.24) is 4.90 Å². The number of benzene rings is 1. The van der Waals surface area contributed by atoms with E-state index in [1.54, 1.807) is 0 Å². The molecule has 0 heterocycles. The maximum atomic E-state index is 3.42. The summed E-state index contributed by atoms with van der Waals surface area (Å²) in [6, 6.07) is 8.59. The second kappa shape index (κ2) is 4.73. The predicted molar refractivity (Wildman–Crippen MR) is 55.1 cm³/mol. The average molecular weight is 179 g/mol. The van der Waals surface area contributed by atoms with Crippen LogP contribution in [-0.4, -0.2) is 19.0 Å². The van der Waals surface area contributed by atoms with Gasteiger partial charge in [-0.2, -0.15) is 0 Å². The van der Waals surface area contributed by atoms with E-state index in [4.69, 9.17) is 0 Å². The van der Waals surface area contributed by atoms with Gasteiger partial charge in [-0.1, -0.05) is 24.6 Å². The van der Waals surface area contributed by atoms with Gasteiger partial charge < -0.3 is 4.90 Å². The van der Waals surface area contributed by atoms with Crippen LogP contribution in [0.3, 0.4) is 0 Å². The summed E-state index contributed by atoms with van der Waals surface area (Å²) in [5.74, 6) is 0. The fourth-order valence-electron chi connectivity index (χ4n) is 1.78. The van der Waals surface area contributed by atoms with E-state index in [1.165, 1.54) is 16.8 Å². The molecule has 0 fully saturated rings. The molecule has 0 aliphatic heterocycles.